The maximum absolute atomic E-state index is 12.4. The van der Waals surface area contributed by atoms with E-state index in [-0.39, 0.29) is 18.1 Å². The highest BCUT2D eigenvalue weighted by Crippen LogP contribution is 2.33. The molecular weight excluding hydrogens is 228 g/mol. The van der Waals surface area contributed by atoms with Crippen molar-refractivity contribution in [3.05, 3.63) is 0 Å². The second kappa shape index (κ2) is 5.17. The van der Waals surface area contributed by atoms with Crippen LogP contribution >= 0.6 is 0 Å². The van der Waals surface area contributed by atoms with Gasteiger partial charge in [0.05, 0.1) is 12.1 Å². The van der Waals surface area contributed by atoms with E-state index in [1.165, 1.54) is 25.7 Å². The van der Waals surface area contributed by atoms with Crippen molar-refractivity contribution >= 4 is 5.91 Å². The molecule has 2 N–H and O–H groups in total. The van der Waals surface area contributed by atoms with Gasteiger partial charge >= 0.3 is 0 Å². The molecule has 0 radical (unpaired) electrons. The predicted octanol–water partition coefficient (Wildman–Crippen LogP) is 0.890. The fraction of sp³-hybridized carbons (Fsp3) is 0.929. The van der Waals surface area contributed by atoms with Crippen LogP contribution in [0.2, 0.25) is 0 Å². The Morgan fingerprint density at radius 2 is 2.00 bits per heavy atom. The molecule has 2 aliphatic heterocycles. The molecule has 1 amide bonds. The highest BCUT2D eigenvalue weighted by atomic mass is 16.3. The van der Waals surface area contributed by atoms with E-state index in [9.17, 15) is 9.90 Å². The number of hydrogen-bond donors (Lipinski definition) is 2. The molecule has 1 aliphatic carbocycles. The minimum Gasteiger partial charge on any atom is -0.391 e. The molecule has 0 aromatic carbocycles. The largest absolute Gasteiger partial charge is 0.391 e. The standard InChI is InChI=1S/C14H24N2O2/c17-11-5-3-7-16(9-11)14(18)13-8-10-4-1-2-6-12(10)15-13/h10-13,15,17H,1-9H2. The van der Waals surface area contributed by atoms with E-state index < -0.39 is 0 Å². The topological polar surface area (TPSA) is 52.6 Å². The number of β-amino-alcohol motifs (C(OH)–C–C–N with tert-alkyl or cyclic N) is 1. The predicted molar refractivity (Wildman–Crippen MR) is 69.1 cm³/mol. The first-order valence-corrected chi connectivity index (χ1v) is 7.47. The molecule has 1 saturated carbocycles. The van der Waals surface area contributed by atoms with Gasteiger partial charge < -0.3 is 15.3 Å². The molecule has 4 atom stereocenters. The van der Waals surface area contributed by atoms with E-state index in [1.807, 2.05) is 4.90 Å². The van der Waals surface area contributed by atoms with Crippen LogP contribution in [0.15, 0.2) is 0 Å². The van der Waals surface area contributed by atoms with Gasteiger partial charge in [0.15, 0.2) is 0 Å². The SMILES string of the molecule is O=C(C1CC2CCCCC2N1)N1CCCC(O)C1. The number of fused-ring (bicyclic) bond motifs is 1. The first kappa shape index (κ1) is 12.4. The van der Waals surface area contributed by atoms with Crippen LogP contribution in [0.5, 0.6) is 0 Å². The maximum atomic E-state index is 12.4. The molecule has 3 rings (SSSR count). The summed E-state index contributed by atoms with van der Waals surface area (Å²) in [6.07, 6.45) is 7.62. The molecule has 3 aliphatic rings. The third kappa shape index (κ3) is 2.41. The molecule has 3 fully saturated rings. The van der Waals surface area contributed by atoms with E-state index in [0.29, 0.717) is 18.5 Å². The smallest absolute Gasteiger partial charge is 0.239 e. The zero-order chi connectivity index (χ0) is 12.5. The van der Waals surface area contributed by atoms with Crippen LogP contribution in [0.3, 0.4) is 0 Å². The lowest BCUT2D eigenvalue weighted by atomic mass is 9.85. The number of likely N-dealkylation sites (tertiary alicyclic amines) is 1. The molecule has 4 unspecified atom stereocenters. The quantitative estimate of drug-likeness (QED) is 0.729. The Morgan fingerprint density at radius 1 is 1.17 bits per heavy atom. The number of carbonyl (C=O) groups is 1. The number of nitrogens with zero attached hydrogens (tertiary/aromatic N) is 1. The molecule has 0 aromatic rings. The zero-order valence-electron chi connectivity index (χ0n) is 11.0. The molecule has 18 heavy (non-hydrogen) atoms. The summed E-state index contributed by atoms with van der Waals surface area (Å²) in [5.74, 6) is 0.936. The molecule has 4 nitrogen and oxygen atoms in total. The van der Waals surface area contributed by atoms with E-state index in [0.717, 1.165) is 25.8 Å². The first-order valence-electron chi connectivity index (χ1n) is 7.47. The summed E-state index contributed by atoms with van der Waals surface area (Å²) in [5, 5.41) is 13.2. The summed E-state index contributed by atoms with van der Waals surface area (Å²) in [4.78, 5) is 14.3. The summed E-state index contributed by atoms with van der Waals surface area (Å²) in [6, 6.07) is 0.589. The minimum atomic E-state index is -0.314. The number of aliphatic hydroxyl groups is 1. The Labute approximate surface area is 109 Å². The number of nitrogens with one attached hydrogen (secondary N) is 1. The lowest BCUT2D eigenvalue weighted by Crippen LogP contribution is -2.50. The Bertz CT molecular complexity index is 307. The first-order chi connectivity index (χ1) is 8.74. The van der Waals surface area contributed by atoms with Gasteiger partial charge in [0.1, 0.15) is 0 Å². The highest BCUT2D eigenvalue weighted by Gasteiger charge is 2.40. The number of rotatable bonds is 1. The van der Waals surface area contributed by atoms with Gasteiger partial charge in [-0.2, -0.15) is 0 Å². The summed E-state index contributed by atoms with van der Waals surface area (Å²) in [6.45, 7) is 1.36. The molecule has 2 heterocycles. The van der Waals surface area contributed by atoms with Crippen LogP contribution in [-0.2, 0) is 4.79 Å². The summed E-state index contributed by atoms with van der Waals surface area (Å²) < 4.78 is 0. The minimum absolute atomic E-state index is 0.0170. The van der Waals surface area contributed by atoms with Crippen LogP contribution in [0.1, 0.15) is 44.9 Å². The third-order valence-electron chi connectivity index (χ3n) is 4.87. The lowest BCUT2D eigenvalue weighted by molar-refractivity contribution is -0.136. The average Bonchev–Trinajstić information content (AvgIpc) is 2.81. The Morgan fingerprint density at radius 3 is 2.78 bits per heavy atom. The van der Waals surface area contributed by atoms with E-state index in [2.05, 4.69) is 5.32 Å². The monoisotopic (exact) mass is 252 g/mol. The van der Waals surface area contributed by atoms with Crippen molar-refractivity contribution < 1.29 is 9.90 Å². The van der Waals surface area contributed by atoms with Gasteiger partial charge in [-0.3, -0.25) is 4.79 Å². The Kier molecular flexibility index (Phi) is 3.57. The lowest BCUT2D eigenvalue weighted by Gasteiger charge is -2.32. The van der Waals surface area contributed by atoms with Gasteiger partial charge in [-0.05, 0) is 38.0 Å². The van der Waals surface area contributed by atoms with Crippen molar-refractivity contribution in [2.24, 2.45) is 5.92 Å². The third-order valence-corrected chi connectivity index (χ3v) is 4.87. The van der Waals surface area contributed by atoms with Crippen molar-refractivity contribution in [3.8, 4) is 0 Å². The van der Waals surface area contributed by atoms with Gasteiger partial charge in [0.2, 0.25) is 5.91 Å². The molecule has 4 heteroatoms. The molecule has 102 valence electrons. The van der Waals surface area contributed by atoms with Gasteiger partial charge in [-0.1, -0.05) is 12.8 Å². The van der Waals surface area contributed by atoms with Gasteiger partial charge in [0.25, 0.3) is 0 Å². The fourth-order valence-corrected chi connectivity index (χ4v) is 3.89. The van der Waals surface area contributed by atoms with Gasteiger partial charge in [-0.25, -0.2) is 0 Å². The van der Waals surface area contributed by atoms with Crippen molar-refractivity contribution in [1.29, 1.82) is 0 Å². The normalized spacial score (nSPS) is 40.6. The molecule has 0 spiro atoms. The van der Waals surface area contributed by atoms with Gasteiger partial charge in [-0.15, -0.1) is 0 Å². The van der Waals surface area contributed by atoms with Crippen molar-refractivity contribution in [3.63, 3.8) is 0 Å². The van der Waals surface area contributed by atoms with Crippen LogP contribution in [-0.4, -0.2) is 47.2 Å². The van der Waals surface area contributed by atoms with E-state index >= 15 is 0 Å². The molecule has 0 bridgehead atoms. The number of hydrogen-bond acceptors (Lipinski definition) is 3. The van der Waals surface area contributed by atoms with Crippen molar-refractivity contribution in [2.45, 2.75) is 63.1 Å². The number of amides is 1. The Balaban J connectivity index is 1.59. The van der Waals surface area contributed by atoms with Crippen LogP contribution < -0.4 is 5.32 Å². The molecular formula is C14H24N2O2. The average molecular weight is 252 g/mol. The number of carbonyl (C=O) groups excluding carboxylic acids is 1. The second-order valence-corrected chi connectivity index (χ2v) is 6.19. The summed E-state index contributed by atoms with van der Waals surface area (Å²) >= 11 is 0. The highest BCUT2D eigenvalue weighted by molar-refractivity contribution is 5.82. The Hall–Kier alpha value is -0.610. The summed E-state index contributed by atoms with van der Waals surface area (Å²) in [7, 11) is 0. The van der Waals surface area contributed by atoms with Crippen molar-refractivity contribution in [1.82, 2.24) is 10.2 Å². The van der Waals surface area contributed by atoms with Crippen molar-refractivity contribution in [2.75, 3.05) is 13.1 Å². The van der Waals surface area contributed by atoms with E-state index in [1.54, 1.807) is 0 Å². The fourth-order valence-electron chi connectivity index (χ4n) is 3.89. The van der Waals surface area contributed by atoms with Crippen LogP contribution in [0, 0.1) is 5.92 Å². The zero-order valence-corrected chi connectivity index (χ0v) is 11.0. The van der Waals surface area contributed by atoms with Crippen LogP contribution in [0.4, 0.5) is 0 Å². The van der Waals surface area contributed by atoms with Gasteiger partial charge in [0, 0.05) is 19.1 Å². The van der Waals surface area contributed by atoms with E-state index in [4.69, 9.17) is 0 Å². The molecule has 2 saturated heterocycles. The maximum Gasteiger partial charge on any atom is 0.239 e. The summed E-state index contributed by atoms with van der Waals surface area (Å²) in [5.41, 5.74) is 0. The second-order valence-electron chi connectivity index (χ2n) is 6.19. The number of piperidine rings is 1. The number of aliphatic hydroxyl groups excluding tert-OH is 1. The molecule has 0 aromatic heterocycles. The van der Waals surface area contributed by atoms with Crippen LogP contribution in [0.25, 0.3) is 0 Å².